The van der Waals surface area contributed by atoms with Gasteiger partial charge in [0.05, 0.1) is 18.6 Å². The first kappa shape index (κ1) is 20.6. The lowest BCUT2D eigenvalue weighted by Gasteiger charge is -2.08. The van der Waals surface area contributed by atoms with Crippen LogP contribution in [0, 0.1) is 0 Å². The molecule has 1 aromatic heterocycles. The van der Waals surface area contributed by atoms with Gasteiger partial charge in [0.15, 0.2) is 10.9 Å². The van der Waals surface area contributed by atoms with Crippen molar-refractivity contribution < 1.29 is 19.1 Å². The molecule has 150 valence electrons. The number of anilines is 2. The van der Waals surface area contributed by atoms with E-state index in [4.69, 9.17) is 9.47 Å². The van der Waals surface area contributed by atoms with Crippen molar-refractivity contribution in [2.75, 3.05) is 30.1 Å². The van der Waals surface area contributed by atoms with Crippen LogP contribution < -0.4 is 20.1 Å². The second-order valence-corrected chi connectivity index (χ2v) is 7.76. The van der Waals surface area contributed by atoms with E-state index < -0.39 is 0 Å². The number of hydrogen-bond acceptors (Lipinski definition) is 8. The molecule has 0 atom stereocenters. The summed E-state index contributed by atoms with van der Waals surface area (Å²) < 4.78 is 11.2. The van der Waals surface area contributed by atoms with E-state index in [1.165, 1.54) is 23.1 Å². The van der Waals surface area contributed by atoms with Gasteiger partial charge in [-0.15, -0.1) is 10.2 Å². The van der Waals surface area contributed by atoms with E-state index in [2.05, 4.69) is 20.8 Å². The van der Waals surface area contributed by atoms with Gasteiger partial charge in [0.2, 0.25) is 11.0 Å². The third-order valence-corrected chi connectivity index (χ3v) is 5.45. The predicted molar refractivity (Wildman–Crippen MR) is 113 cm³/mol. The maximum Gasteiger partial charge on any atom is 0.264 e. The van der Waals surface area contributed by atoms with Gasteiger partial charge in [0, 0.05) is 0 Å². The molecule has 2 aromatic carbocycles. The van der Waals surface area contributed by atoms with Crippen molar-refractivity contribution >= 4 is 45.7 Å². The van der Waals surface area contributed by atoms with Crippen LogP contribution in [0.15, 0.2) is 58.9 Å². The maximum absolute atomic E-state index is 12.1. The van der Waals surface area contributed by atoms with Crippen molar-refractivity contribution in [2.24, 2.45) is 0 Å². The van der Waals surface area contributed by atoms with Gasteiger partial charge in [0.1, 0.15) is 11.5 Å². The highest BCUT2D eigenvalue weighted by molar-refractivity contribution is 8.01. The summed E-state index contributed by atoms with van der Waals surface area (Å²) in [5.41, 5.74) is 0.601. The molecule has 0 aliphatic carbocycles. The number of nitrogens with one attached hydrogen (secondary N) is 2. The normalized spacial score (nSPS) is 10.2. The number of para-hydroxylation sites is 3. The third kappa shape index (κ3) is 6.47. The Bertz CT molecular complexity index is 966. The van der Waals surface area contributed by atoms with E-state index in [0.29, 0.717) is 26.7 Å². The standard InChI is InChI=1S/C19H18N4O4S2/c1-26-15-10-6-5-9-14(15)20-17(25)12-28-19-23-22-18(29-19)21-16(24)11-27-13-7-3-2-4-8-13/h2-10H,11-12H2,1H3,(H,20,25)(H,21,22,24). The topological polar surface area (TPSA) is 102 Å². The number of carbonyl (C=O) groups excluding carboxylic acids is 2. The second kappa shape index (κ2) is 10.4. The molecule has 0 fully saturated rings. The number of rotatable bonds is 9. The fourth-order valence-electron chi connectivity index (χ4n) is 2.20. The van der Waals surface area contributed by atoms with Crippen LogP contribution in [0.4, 0.5) is 10.8 Å². The smallest absolute Gasteiger partial charge is 0.264 e. The molecule has 0 saturated carbocycles. The van der Waals surface area contributed by atoms with Gasteiger partial charge in [-0.2, -0.15) is 0 Å². The van der Waals surface area contributed by atoms with Crippen molar-refractivity contribution in [3.05, 3.63) is 54.6 Å². The van der Waals surface area contributed by atoms with E-state index in [1.807, 2.05) is 30.3 Å². The van der Waals surface area contributed by atoms with Crippen molar-refractivity contribution in [2.45, 2.75) is 4.34 Å². The lowest BCUT2D eigenvalue weighted by Crippen LogP contribution is -2.20. The number of benzene rings is 2. The van der Waals surface area contributed by atoms with Crippen LogP contribution >= 0.6 is 23.1 Å². The molecule has 0 radical (unpaired) electrons. The summed E-state index contributed by atoms with van der Waals surface area (Å²) in [6, 6.07) is 16.2. The maximum atomic E-state index is 12.1. The number of hydrogen-bond donors (Lipinski definition) is 2. The average Bonchev–Trinajstić information content (AvgIpc) is 3.19. The lowest BCUT2D eigenvalue weighted by atomic mass is 10.3. The summed E-state index contributed by atoms with van der Waals surface area (Å²) in [4.78, 5) is 24.1. The van der Waals surface area contributed by atoms with Gasteiger partial charge >= 0.3 is 0 Å². The molecule has 3 aromatic rings. The fraction of sp³-hybridized carbons (Fsp3) is 0.158. The number of nitrogens with zero attached hydrogens (tertiary/aromatic N) is 2. The Labute approximate surface area is 175 Å². The highest BCUT2D eigenvalue weighted by atomic mass is 32.2. The van der Waals surface area contributed by atoms with Crippen LogP contribution in [0.3, 0.4) is 0 Å². The molecule has 0 unspecified atom stereocenters. The summed E-state index contributed by atoms with van der Waals surface area (Å²) in [5, 5.41) is 13.6. The average molecular weight is 431 g/mol. The number of carbonyl (C=O) groups is 2. The molecule has 10 heteroatoms. The van der Waals surface area contributed by atoms with Crippen molar-refractivity contribution in [1.29, 1.82) is 0 Å². The summed E-state index contributed by atoms with van der Waals surface area (Å²) in [5.74, 6) is 0.811. The number of methoxy groups -OCH3 is 1. The Morgan fingerprint density at radius 2 is 1.76 bits per heavy atom. The molecule has 29 heavy (non-hydrogen) atoms. The van der Waals surface area contributed by atoms with Crippen molar-refractivity contribution in [3.8, 4) is 11.5 Å². The third-order valence-electron chi connectivity index (χ3n) is 3.47. The Morgan fingerprint density at radius 3 is 2.55 bits per heavy atom. The molecule has 8 nitrogen and oxygen atoms in total. The van der Waals surface area contributed by atoms with E-state index in [1.54, 1.807) is 31.4 Å². The summed E-state index contributed by atoms with van der Waals surface area (Å²) in [7, 11) is 1.54. The Kier molecular flexibility index (Phi) is 7.42. The first-order valence-corrected chi connectivity index (χ1v) is 10.3. The summed E-state index contributed by atoms with van der Waals surface area (Å²) in [6.07, 6.45) is 0. The second-order valence-electron chi connectivity index (χ2n) is 5.56. The van der Waals surface area contributed by atoms with Gasteiger partial charge in [-0.05, 0) is 24.3 Å². The molecule has 0 bridgehead atoms. The van der Waals surface area contributed by atoms with E-state index in [-0.39, 0.29) is 24.2 Å². The van der Waals surface area contributed by atoms with E-state index in [9.17, 15) is 9.59 Å². The van der Waals surface area contributed by atoms with Crippen LogP contribution in [0.1, 0.15) is 0 Å². The van der Waals surface area contributed by atoms with Crippen LogP contribution in [0.2, 0.25) is 0 Å². The molecular weight excluding hydrogens is 412 g/mol. The van der Waals surface area contributed by atoms with Crippen LogP contribution in [-0.4, -0.2) is 41.5 Å². The van der Waals surface area contributed by atoms with Gasteiger partial charge < -0.3 is 14.8 Å². The molecule has 3 rings (SSSR count). The van der Waals surface area contributed by atoms with Gasteiger partial charge in [-0.3, -0.25) is 14.9 Å². The quantitative estimate of drug-likeness (QED) is 0.397. The number of thioether (sulfide) groups is 1. The molecule has 0 aliphatic rings. The molecule has 0 aliphatic heterocycles. The fourth-order valence-corrected chi connectivity index (χ4v) is 3.77. The van der Waals surface area contributed by atoms with Crippen LogP contribution in [-0.2, 0) is 9.59 Å². The molecule has 0 spiro atoms. The minimum atomic E-state index is -0.338. The van der Waals surface area contributed by atoms with Crippen molar-refractivity contribution in [3.63, 3.8) is 0 Å². The first-order chi connectivity index (χ1) is 14.1. The Morgan fingerprint density at radius 1 is 1.00 bits per heavy atom. The highest BCUT2D eigenvalue weighted by Gasteiger charge is 2.12. The number of aromatic nitrogens is 2. The SMILES string of the molecule is COc1ccccc1NC(=O)CSc1nnc(NC(=O)COc2ccccc2)s1. The molecule has 2 amide bonds. The monoisotopic (exact) mass is 430 g/mol. The predicted octanol–water partition coefficient (Wildman–Crippen LogP) is 3.30. The van der Waals surface area contributed by atoms with Gasteiger partial charge in [-0.1, -0.05) is 53.4 Å². The summed E-state index contributed by atoms with van der Waals surface area (Å²) >= 11 is 2.42. The molecule has 1 heterocycles. The van der Waals surface area contributed by atoms with Crippen LogP contribution in [0.25, 0.3) is 0 Å². The zero-order valence-electron chi connectivity index (χ0n) is 15.5. The molecule has 2 N–H and O–H groups in total. The first-order valence-electron chi connectivity index (χ1n) is 8.51. The van der Waals surface area contributed by atoms with Gasteiger partial charge in [0.25, 0.3) is 5.91 Å². The van der Waals surface area contributed by atoms with Crippen molar-refractivity contribution in [1.82, 2.24) is 10.2 Å². The number of amides is 2. The minimum Gasteiger partial charge on any atom is -0.495 e. The molecule has 0 saturated heterocycles. The zero-order valence-corrected chi connectivity index (χ0v) is 17.1. The zero-order chi connectivity index (χ0) is 20.5. The Balaban J connectivity index is 1.43. The molecular formula is C19H18N4O4S2. The number of ether oxygens (including phenoxy) is 2. The largest absolute Gasteiger partial charge is 0.495 e. The van der Waals surface area contributed by atoms with E-state index >= 15 is 0 Å². The van der Waals surface area contributed by atoms with Crippen LogP contribution in [0.5, 0.6) is 11.5 Å². The van der Waals surface area contributed by atoms with E-state index in [0.717, 1.165) is 0 Å². The highest BCUT2D eigenvalue weighted by Crippen LogP contribution is 2.27. The van der Waals surface area contributed by atoms with Gasteiger partial charge in [-0.25, -0.2) is 0 Å². The summed E-state index contributed by atoms with van der Waals surface area (Å²) in [6.45, 7) is -0.132. The lowest BCUT2D eigenvalue weighted by molar-refractivity contribution is -0.118. The Hall–Kier alpha value is -3.11. The minimum absolute atomic E-state index is 0.132.